The van der Waals surface area contributed by atoms with Gasteiger partial charge in [-0.3, -0.25) is 9.59 Å². The number of ether oxygens (including phenoxy) is 1. The molecule has 3 saturated carbocycles. The van der Waals surface area contributed by atoms with E-state index >= 15 is 0 Å². The van der Waals surface area contributed by atoms with Gasteiger partial charge < -0.3 is 4.74 Å². The van der Waals surface area contributed by atoms with Crippen LogP contribution in [0.15, 0.2) is 12.7 Å². The van der Waals surface area contributed by atoms with Crippen molar-refractivity contribution >= 4 is 11.6 Å². The first-order chi connectivity index (χ1) is 11.2. The van der Waals surface area contributed by atoms with E-state index in [1.54, 1.807) is 7.11 Å². The van der Waals surface area contributed by atoms with Gasteiger partial charge in [0.1, 0.15) is 11.6 Å². The third kappa shape index (κ3) is 2.00. The number of Topliss-reactive ketones (excluding diaryl/α,β-unsaturated/α-hetero) is 2. The van der Waals surface area contributed by atoms with Gasteiger partial charge in [0.15, 0.2) is 0 Å². The zero-order valence-corrected chi connectivity index (χ0v) is 15.9. The fourth-order valence-electron chi connectivity index (χ4n) is 6.45. The predicted octanol–water partition coefficient (Wildman–Crippen LogP) is 4.20. The van der Waals surface area contributed by atoms with Gasteiger partial charge in [0.25, 0.3) is 0 Å². The highest BCUT2D eigenvalue weighted by molar-refractivity contribution is 5.92. The predicted molar refractivity (Wildman–Crippen MR) is 94.6 cm³/mol. The van der Waals surface area contributed by atoms with E-state index in [4.69, 9.17) is 4.74 Å². The van der Waals surface area contributed by atoms with Crippen molar-refractivity contribution in [3.8, 4) is 0 Å². The molecule has 3 rings (SSSR count). The van der Waals surface area contributed by atoms with Gasteiger partial charge in [-0.1, -0.05) is 26.8 Å². The topological polar surface area (TPSA) is 43.4 Å². The zero-order chi connectivity index (χ0) is 17.9. The highest BCUT2D eigenvalue weighted by Crippen LogP contribution is 2.67. The molecule has 3 heteroatoms. The maximum Gasteiger partial charge on any atom is 0.145 e. The first kappa shape index (κ1) is 17.8. The van der Waals surface area contributed by atoms with Gasteiger partial charge in [-0.2, -0.15) is 0 Å². The minimum atomic E-state index is -0.581. The van der Waals surface area contributed by atoms with Crippen molar-refractivity contribution in [3.63, 3.8) is 0 Å². The SMILES string of the molecule is C=C[C@@]1(C)C[C@H](OC)C2(C)C(C)CCC3(CCC(=O)C32)[C@H](C)C1=O. The van der Waals surface area contributed by atoms with E-state index < -0.39 is 5.41 Å². The highest BCUT2D eigenvalue weighted by atomic mass is 16.5. The molecule has 0 aromatic heterocycles. The third-order valence-corrected chi connectivity index (χ3v) is 8.32. The number of hydrogen-bond donors (Lipinski definition) is 0. The van der Waals surface area contributed by atoms with Gasteiger partial charge in [0, 0.05) is 36.2 Å². The van der Waals surface area contributed by atoms with Gasteiger partial charge in [0.05, 0.1) is 6.10 Å². The van der Waals surface area contributed by atoms with E-state index in [1.807, 2.05) is 13.0 Å². The van der Waals surface area contributed by atoms with Crippen molar-refractivity contribution in [3.05, 3.63) is 12.7 Å². The fourth-order valence-corrected chi connectivity index (χ4v) is 6.45. The lowest BCUT2D eigenvalue weighted by atomic mass is 9.44. The van der Waals surface area contributed by atoms with Gasteiger partial charge in [0.2, 0.25) is 0 Å². The summed E-state index contributed by atoms with van der Waals surface area (Å²) in [7, 11) is 1.73. The summed E-state index contributed by atoms with van der Waals surface area (Å²) in [6.07, 6.45) is 5.87. The van der Waals surface area contributed by atoms with Crippen LogP contribution in [0.3, 0.4) is 0 Å². The Labute approximate surface area is 146 Å². The second-order valence-electron chi connectivity index (χ2n) is 9.07. The number of ketones is 2. The van der Waals surface area contributed by atoms with Crippen LogP contribution in [0.25, 0.3) is 0 Å². The number of carbonyl (C=O) groups is 2. The van der Waals surface area contributed by atoms with Crippen LogP contribution in [0.4, 0.5) is 0 Å². The van der Waals surface area contributed by atoms with E-state index in [-0.39, 0.29) is 34.6 Å². The molecule has 0 aromatic carbocycles. The number of methoxy groups -OCH3 is 1. The van der Waals surface area contributed by atoms with Crippen molar-refractivity contribution in [2.75, 3.05) is 7.11 Å². The van der Waals surface area contributed by atoms with Crippen molar-refractivity contribution in [2.45, 2.75) is 65.9 Å². The van der Waals surface area contributed by atoms with Gasteiger partial charge in [-0.25, -0.2) is 0 Å². The molecule has 0 aliphatic heterocycles. The molecule has 3 nitrogen and oxygen atoms in total. The van der Waals surface area contributed by atoms with Crippen LogP contribution >= 0.6 is 0 Å². The summed E-state index contributed by atoms with van der Waals surface area (Å²) in [5.41, 5.74) is -0.973. The lowest BCUT2D eigenvalue weighted by Gasteiger charge is -2.60. The van der Waals surface area contributed by atoms with E-state index in [0.29, 0.717) is 24.5 Å². The molecular weight excluding hydrogens is 300 g/mol. The van der Waals surface area contributed by atoms with Crippen molar-refractivity contribution < 1.29 is 14.3 Å². The van der Waals surface area contributed by atoms with Crippen molar-refractivity contribution in [1.29, 1.82) is 0 Å². The van der Waals surface area contributed by atoms with Crippen LogP contribution in [-0.2, 0) is 14.3 Å². The Morgan fingerprint density at radius 2 is 1.88 bits per heavy atom. The second kappa shape index (κ2) is 5.52. The molecule has 0 amide bonds. The molecule has 0 radical (unpaired) electrons. The standard InChI is InChI=1S/C21H32O3/c1-7-19(4)12-16(24-6)20(5)13(2)8-10-21(14(3)18(19)23)11-9-15(22)17(20)21/h7,13-14,16-17H,1,8-12H2,2-6H3/t13?,14-,16+,17?,19+,20?,21?/m1/s1. The number of carbonyl (C=O) groups excluding carboxylic acids is 2. The maximum atomic E-state index is 13.4. The fraction of sp³-hybridized carbons (Fsp3) is 0.810. The minimum absolute atomic E-state index is 0.0491. The Bertz CT molecular complexity index is 582. The quantitative estimate of drug-likeness (QED) is 0.712. The molecule has 4 unspecified atom stereocenters. The summed E-state index contributed by atoms with van der Waals surface area (Å²) >= 11 is 0. The molecule has 7 atom stereocenters. The number of hydrogen-bond acceptors (Lipinski definition) is 3. The number of allylic oxidation sites excluding steroid dienone is 1. The van der Waals surface area contributed by atoms with Crippen LogP contribution in [0.1, 0.15) is 59.8 Å². The van der Waals surface area contributed by atoms with Crippen LogP contribution in [0.5, 0.6) is 0 Å². The van der Waals surface area contributed by atoms with Crippen LogP contribution in [-0.4, -0.2) is 24.8 Å². The molecule has 0 aromatic rings. The van der Waals surface area contributed by atoms with Crippen molar-refractivity contribution in [2.24, 2.45) is 34.0 Å². The Balaban J connectivity index is 2.24. The Morgan fingerprint density at radius 1 is 1.21 bits per heavy atom. The van der Waals surface area contributed by atoms with Gasteiger partial charge in [-0.05, 0) is 43.9 Å². The lowest BCUT2D eigenvalue weighted by molar-refractivity contribution is -0.180. The van der Waals surface area contributed by atoms with E-state index in [1.165, 1.54) is 0 Å². The summed E-state index contributed by atoms with van der Waals surface area (Å²) in [6, 6.07) is 0. The molecule has 24 heavy (non-hydrogen) atoms. The summed E-state index contributed by atoms with van der Waals surface area (Å²) in [6.45, 7) is 12.6. The smallest absolute Gasteiger partial charge is 0.145 e. The molecule has 3 aliphatic carbocycles. The van der Waals surface area contributed by atoms with Gasteiger partial charge >= 0.3 is 0 Å². The monoisotopic (exact) mass is 332 g/mol. The third-order valence-electron chi connectivity index (χ3n) is 8.32. The normalized spacial score (nSPS) is 51.7. The molecular formula is C21H32O3. The molecule has 0 heterocycles. The summed E-state index contributed by atoms with van der Waals surface area (Å²) < 4.78 is 5.97. The van der Waals surface area contributed by atoms with E-state index in [9.17, 15) is 9.59 Å². The first-order valence-electron chi connectivity index (χ1n) is 9.41. The van der Waals surface area contributed by atoms with Crippen LogP contribution in [0, 0.1) is 34.0 Å². The summed E-state index contributed by atoms with van der Waals surface area (Å²) in [4.78, 5) is 26.4. The summed E-state index contributed by atoms with van der Waals surface area (Å²) in [5.74, 6) is 0.870. The lowest BCUT2D eigenvalue weighted by Crippen LogP contribution is -2.61. The molecule has 0 saturated heterocycles. The maximum absolute atomic E-state index is 13.4. The Hall–Kier alpha value is -0.960. The molecule has 0 spiro atoms. The molecule has 134 valence electrons. The average molecular weight is 332 g/mol. The van der Waals surface area contributed by atoms with Gasteiger partial charge in [-0.15, -0.1) is 6.58 Å². The Morgan fingerprint density at radius 3 is 2.46 bits per heavy atom. The summed E-state index contributed by atoms with van der Waals surface area (Å²) in [5, 5.41) is 0. The molecule has 2 bridgehead atoms. The second-order valence-corrected chi connectivity index (χ2v) is 9.07. The molecule has 3 aliphatic rings. The largest absolute Gasteiger partial charge is 0.381 e. The number of rotatable bonds is 2. The van der Waals surface area contributed by atoms with E-state index in [0.717, 1.165) is 19.3 Å². The van der Waals surface area contributed by atoms with Crippen LogP contribution < -0.4 is 0 Å². The molecule has 0 N–H and O–H groups in total. The first-order valence-corrected chi connectivity index (χ1v) is 9.41. The highest BCUT2D eigenvalue weighted by Gasteiger charge is 2.67. The zero-order valence-electron chi connectivity index (χ0n) is 15.9. The minimum Gasteiger partial charge on any atom is -0.381 e. The Kier molecular flexibility index (Phi) is 4.11. The average Bonchev–Trinajstić information content (AvgIpc) is 2.92. The molecule has 3 fully saturated rings. The van der Waals surface area contributed by atoms with Crippen molar-refractivity contribution in [1.82, 2.24) is 0 Å². The van der Waals surface area contributed by atoms with E-state index in [2.05, 4.69) is 27.4 Å². The van der Waals surface area contributed by atoms with Crippen LogP contribution in [0.2, 0.25) is 0 Å².